The highest BCUT2D eigenvalue weighted by molar-refractivity contribution is 6.00. The van der Waals surface area contributed by atoms with Crippen LogP contribution >= 0.6 is 0 Å². The molecule has 148 valence electrons. The monoisotopic (exact) mass is 383 g/mol. The Kier molecular flexibility index (Phi) is 5.73. The van der Waals surface area contributed by atoms with Crippen molar-refractivity contribution in [1.82, 2.24) is 0 Å². The number of aliphatic hydroxyl groups is 2. The van der Waals surface area contributed by atoms with Crippen LogP contribution < -0.4 is 5.32 Å². The Morgan fingerprint density at radius 2 is 2.00 bits per heavy atom. The van der Waals surface area contributed by atoms with E-state index in [2.05, 4.69) is 12.2 Å². The number of halogens is 1. The molecule has 0 heterocycles. The molecule has 1 aromatic carbocycles. The van der Waals surface area contributed by atoms with Gasteiger partial charge in [0.25, 0.3) is 0 Å². The Hall–Kier alpha value is -2.82. The molecule has 0 aliphatic heterocycles. The number of benzene rings is 1. The average molecular weight is 383 g/mol. The van der Waals surface area contributed by atoms with E-state index < -0.39 is 11.2 Å². The van der Waals surface area contributed by atoms with Crippen LogP contribution in [0.2, 0.25) is 0 Å². The van der Waals surface area contributed by atoms with Crippen LogP contribution in [-0.4, -0.2) is 16.1 Å². The van der Waals surface area contributed by atoms with Gasteiger partial charge in [0.05, 0.1) is 5.41 Å². The summed E-state index contributed by atoms with van der Waals surface area (Å²) in [6.07, 6.45) is 10.2. The van der Waals surface area contributed by atoms with Crippen molar-refractivity contribution in [2.24, 2.45) is 5.41 Å². The van der Waals surface area contributed by atoms with Gasteiger partial charge in [-0.2, -0.15) is 0 Å². The first-order valence-corrected chi connectivity index (χ1v) is 9.63. The van der Waals surface area contributed by atoms with Gasteiger partial charge in [-0.1, -0.05) is 37.1 Å². The molecule has 4 nitrogen and oxygen atoms in total. The molecule has 3 N–H and O–H groups in total. The zero-order valence-electron chi connectivity index (χ0n) is 16.3. The van der Waals surface area contributed by atoms with Gasteiger partial charge in [-0.05, 0) is 61.6 Å². The quantitative estimate of drug-likeness (QED) is 0.567. The molecule has 1 fully saturated rings. The van der Waals surface area contributed by atoms with Gasteiger partial charge in [0.1, 0.15) is 11.6 Å². The molecule has 1 aromatic rings. The van der Waals surface area contributed by atoms with Gasteiger partial charge in [-0.15, -0.1) is 0 Å². The molecule has 0 saturated heterocycles. The van der Waals surface area contributed by atoms with Gasteiger partial charge in [0, 0.05) is 12.1 Å². The summed E-state index contributed by atoms with van der Waals surface area (Å²) in [7, 11) is 0. The molecule has 0 aromatic heterocycles. The van der Waals surface area contributed by atoms with Crippen molar-refractivity contribution in [3.63, 3.8) is 0 Å². The Morgan fingerprint density at radius 3 is 2.68 bits per heavy atom. The summed E-state index contributed by atoms with van der Waals surface area (Å²) in [4.78, 5) is 13.0. The first kappa shape index (κ1) is 19.9. The highest BCUT2D eigenvalue weighted by Gasteiger charge is 2.52. The second-order valence-electron chi connectivity index (χ2n) is 7.58. The van der Waals surface area contributed by atoms with Crippen LogP contribution in [0.15, 0.2) is 59.1 Å². The number of hydrogen-bond donors (Lipinski definition) is 3. The van der Waals surface area contributed by atoms with Crippen molar-refractivity contribution < 1.29 is 19.4 Å². The number of allylic oxidation sites excluding steroid dienone is 4. The number of carbonyl (C=O) groups is 1. The molecule has 2 aliphatic carbocycles. The minimum atomic E-state index is -0.693. The molecule has 2 aliphatic rings. The van der Waals surface area contributed by atoms with Crippen molar-refractivity contribution in [2.45, 2.75) is 46.0 Å². The van der Waals surface area contributed by atoms with E-state index in [4.69, 9.17) is 0 Å². The number of amides is 1. The van der Waals surface area contributed by atoms with Gasteiger partial charge in [-0.25, -0.2) is 4.39 Å². The minimum Gasteiger partial charge on any atom is -0.508 e. The van der Waals surface area contributed by atoms with Crippen molar-refractivity contribution in [3.8, 4) is 0 Å². The predicted octanol–water partition coefficient (Wildman–Crippen LogP) is 5.96. The fourth-order valence-corrected chi connectivity index (χ4v) is 3.54. The summed E-state index contributed by atoms with van der Waals surface area (Å²) < 4.78 is 14.1. The van der Waals surface area contributed by atoms with E-state index in [0.29, 0.717) is 18.5 Å². The van der Waals surface area contributed by atoms with E-state index in [1.165, 1.54) is 18.2 Å². The normalized spacial score (nSPS) is 18.5. The van der Waals surface area contributed by atoms with Crippen LogP contribution in [0, 0.1) is 11.2 Å². The zero-order chi connectivity index (χ0) is 20.3. The Balaban J connectivity index is 1.79. The van der Waals surface area contributed by atoms with E-state index in [1.54, 1.807) is 18.2 Å². The van der Waals surface area contributed by atoms with Crippen LogP contribution in [0.5, 0.6) is 0 Å². The van der Waals surface area contributed by atoms with Gasteiger partial charge in [-0.3, -0.25) is 4.79 Å². The minimum absolute atomic E-state index is 0.119. The average Bonchev–Trinajstić information content (AvgIpc) is 3.43. The SMILES string of the molecule is CCC/C(C)=C/c1cc(F)cc(NC(=O)C2(C3=CCC(O)=C(O)C=C3)CC2)c1. The smallest absolute Gasteiger partial charge is 0.235 e. The fraction of sp³-hybridized carbons (Fsp3) is 0.348. The second-order valence-corrected chi connectivity index (χ2v) is 7.58. The molecule has 0 radical (unpaired) electrons. The third-order valence-corrected chi connectivity index (χ3v) is 5.20. The summed E-state index contributed by atoms with van der Waals surface area (Å²) in [6, 6.07) is 4.54. The molecular weight excluding hydrogens is 357 g/mol. The van der Waals surface area contributed by atoms with Crippen LogP contribution in [0.25, 0.3) is 6.08 Å². The van der Waals surface area contributed by atoms with E-state index in [1.807, 2.05) is 13.0 Å². The van der Waals surface area contributed by atoms with Crippen molar-refractivity contribution in [2.75, 3.05) is 5.32 Å². The van der Waals surface area contributed by atoms with Crippen LogP contribution in [0.3, 0.4) is 0 Å². The third-order valence-electron chi connectivity index (χ3n) is 5.20. The Labute approximate surface area is 164 Å². The molecule has 1 saturated carbocycles. The number of aliphatic hydroxyl groups excluding tert-OH is 2. The lowest BCUT2D eigenvalue weighted by Crippen LogP contribution is -2.25. The van der Waals surface area contributed by atoms with E-state index >= 15 is 0 Å². The fourth-order valence-electron chi connectivity index (χ4n) is 3.54. The number of rotatable bonds is 6. The largest absolute Gasteiger partial charge is 0.508 e. The Bertz CT molecular complexity index is 904. The topological polar surface area (TPSA) is 69.6 Å². The lowest BCUT2D eigenvalue weighted by Gasteiger charge is -2.17. The summed E-state index contributed by atoms with van der Waals surface area (Å²) in [5.74, 6) is -0.904. The molecule has 0 unspecified atom stereocenters. The highest BCUT2D eigenvalue weighted by Crippen LogP contribution is 2.53. The van der Waals surface area contributed by atoms with Crippen molar-refractivity contribution >= 4 is 17.7 Å². The van der Waals surface area contributed by atoms with Crippen LogP contribution in [-0.2, 0) is 4.79 Å². The summed E-state index contributed by atoms with van der Waals surface area (Å²) >= 11 is 0. The molecule has 28 heavy (non-hydrogen) atoms. The predicted molar refractivity (Wildman–Crippen MR) is 109 cm³/mol. The molecule has 5 heteroatoms. The van der Waals surface area contributed by atoms with E-state index in [0.717, 1.165) is 29.6 Å². The molecular formula is C23H26FNO3. The van der Waals surface area contributed by atoms with Gasteiger partial charge in [0.2, 0.25) is 5.91 Å². The van der Waals surface area contributed by atoms with Crippen molar-refractivity contribution in [1.29, 1.82) is 0 Å². The maximum atomic E-state index is 14.1. The number of carbonyl (C=O) groups excluding carboxylic acids is 1. The van der Waals surface area contributed by atoms with Crippen LogP contribution in [0.4, 0.5) is 10.1 Å². The highest BCUT2D eigenvalue weighted by atomic mass is 19.1. The molecule has 0 spiro atoms. The molecule has 1 amide bonds. The van der Waals surface area contributed by atoms with Crippen molar-refractivity contribution in [3.05, 3.63) is 70.5 Å². The standard InChI is InChI=1S/C23H26FNO3/c1-3-4-15(2)11-16-12-18(24)14-19(13-16)25-22(28)23(9-10-23)17-5-7-20(26)21(27)8-6-17/h5-7,11-14,26-27H,3-4,8-10H2,1-2H3,(H,25,28)/b15-11+. The van der Waals surface area contributed by atoms with Crippen LogP contribution in [0.1, 0.15) is 51.5 Å². The van der Waals surface area contributed by atoms with Gasteiger partial charge >= 0.3 is 0 Å². The maximum Gasteiger partial charge on any atom is 0.235 e. The first-order valence-electron chi connectivity index (χ1n) is 9.63. The summed E-state index contributed by atoms with van der Waals surface area (Å²) in [5.41, 5.74) is 2.37. The lowest BCUT2D eigenvalue weighted by atomic mass is 9.93. The Morgan fingerprint density at radius 1 is 1.25 bits per heavy atom. The molecule has 0 atom stereocenters. The third kappa shape index (κ3) is 4.35. The summed E-state index contributed by atoms with van der Waals surface area (Å²) in [5, 5.41) is 22.2. The number of nitrogens with one attached hydrogen (secondary N) is 1. The second kappa shape index (κ2) is 8.05. The van der Waals surface area contributed by atoms with Gasteiger partial charge < -0.3 is 15.5 Å². The van der Waals surface area contributed by atoms with E-state index in [9.17, 15) is 19.4 Å². The zero-order valence-corrected chi connectivity index (χ0v) is 16.3. The maximum absolute atomic E-state index is 14.1. The first-order chi connectivity index (χ1) is 13.3. The summed E-state index contributed by atoms with van der Waals surface area (Å²) in [6.45, 7) is 4.10. The molecule has 0 bridgehead atoms. The lowest BCUT2D eigenvalue weighted by molar-refractivity contribution is -0.119. The molecule has 3 rings (SSSR count). The van der Waals surface area contributed by atoms with E-state index in [-0.39, 0.29) is 23.8 Å². The number of hydrogen-bond acceptors (Lipinski definition) is 3. The van der Waals surface area contributed by atoms with Gasteiger partial charge in [0.15, 0.2) is 5.76 Å². The number of anilines is 1.